The van der Waals surface area contributed by atoms with Crippen molar-refractivity contribution in [3.05, 3.63) is 53.6 Å². The molecule has 2 aromatic carbocycles. The first-order valence-electron chi connectivity index (χ1n) is 7.61. The lowest BCUT2D eigenvalue weighted by molar-refractivity contribution is 0.140. The van der Waals surface area contributed by atoms with Crippen molar-refractivity contribution in [1.29, 1.82) is 0 Å². The summed E-state index contributed by atoms with van der Waals surface area (Å²) in [6.45, 7) is 5.53. The van der Waals surface area contributed by atoms with Crippen molar-refractivity contribution in [3.63, 3.8) is 0 Å². The van der Waals surface area contributed by atoms with Crippen molar-refractivity contribution in [2.45, 2.75) is 13.8 Å². The SMILES string of the molecule is COc1cccc(C#Cc2ccc3c(c2)OCC(C)(C)CO3)c1. The molecule has 0 unspecified atom stereocenters. The largest absolute Gasteiger partial charge is 0.497 e. The molecule has 3 nitrogen and oxygen atoms in total. The molecule has 1 aliphatic heterocycles. The number of rotatable bonds is 1. The second kappa shape index (κ2) is 6.26. The fourth-order valence-corrected chi connectivity index (χ4v) is 2.25. The second-order valence-electron chi connectivity index (χ2n) is 6.39. The Morgan fingerprint density at radius 1 is 0.913 bits per heavy atom. The van der Waals surface area contributed by atoms with Crippen LogP contribution in [-0.4, -0.2) is 20.3 Å². The smallest absolute Gasteiger partial charge is 0.162 e. The van der Waals surface area contributed by atoms with Crippen LogP contribution in [0.4, 0.5) is 0 Å². The zero-order valence-corrected chi connectivity index (χ0v) is 13.7. The Labute approximate surface area is 137 Å². The summed E-state index contributed by atoms with van der Waals surface area (Å²) >= 11 is 0. The fraction of sp³-hybridized carbons (Fsp3) is 0.300. The Hall–Kier alpha value is -2.60. The quantitative estimate of drug-likeness (QED) is 0.748. The standard InChI is InChI=1S/C20H20O3/c1-20(2)13-22-18-10-9-16(12-19(18)23-14-20)8-7-15-5-4-6-17(11-15)21-3/h4-6,9-12H,13-14H2,1-3H3. The van der Waals surface area contributed by atoms with E-state index >= 15 is 0 Å². The van der Waals surface area contributed by atoms with Crippen LogP contribution in [0.3, 0.4) is 0 Å². The van der Waals surface area contributed by atoms with E-state index in [1.807, 2.05) is 42.5 Å². The van der Waals surface area contributed by atoms with Gasteiger partial charge in [-0.3, -0.25) is 0 Å². The molecule has 0 radical (unpaired) electrons. The maximum absolute atomic E-state index is 5.88. The van der Waals surface area contributed by atoms with Crippen LogP contribution < -0.4 is 14.2 Å². The molecule has 0 atom stereocenters. The van der Waals surface area contributed by atoms with Crippen LogP contribution >= 0.6 is 0 Å². The summed E-state index contributed by atoms with van der Waals surface area (Å²) in [5.74, 6) is 8.65. The molecular weight excluding hydrogens is 288 g/mol. The molecule has 1 aliphatic rings. The molecule has 0 aromatic heterocycles. The van der Waals surface area contributed by atoms with Gasteiger partial charge in [0.1, 0.15) is 5.75 Å². The molecule has 23 heavy (non-hydrogen) atoms. The molecule has 0 bridgehead atoms. The molecule has 0 saturated carbocycles. The third kappa shape index (κ3) is 3.78. The highest BCUT2D eigenvalue weighted by atomic mass is 16.5. The van der Waals surface area contributed by atoms with Gasteiger partial charge >= 0.3 is 0 Å². The molecule has 0 aliphatic carbocycles. The molecule has 3 rings (SSSR count). The first-order chi connectivity index (χ1) is 11.1. The van der Waals surface area contributed by atoms with Crippen molar-refractivity contribution in [2.75, 3.05) is 20.3 Å². The lowest BCUT2D eigenvalue weighted by Crippen LogP contribution is -2.26. The van der Waals surface area contributed by atoms with E-state index in [2.05, 4.69) is 25.7 Å². The van der Waals surface area contributed by atoms with Gasteiger partial charge in [-0.1, -0.05) is 31.8 Å². The van der Waals surface area contributed by atoms with E-state index in [-0.39, 0.29) is 5.41 Å². The average Bonchev–Trinajstić information content (AvgIpc) is 2.72. The van der Waals surface area contributed by atoms with Gasteiger partial charge < -0.3 is 14.2 Å². The zero-order valence-electron chi connectivity index (χ0n) is 13.7. The fourth-order valence-electron chi connectivity index (χ4n) is 2.25. The maximum Gasteiger partial charge on any atom is 0.162 e. The van der Waals surface area contributed by atoms with Gasteiger partial charge in [0.15, 0.2) is 11.5 Å². The first-order valence-corrected chi connectivity index (χ1v) is 7.61. The van der Waals surface area contributed by atoms with Crippen LogP contribution in [0, 0.1) is 17.3 Å². The van der Waals surface area contributed by atoms with Crippen molar-refractivity contribution in [1.82, 2.24) is 0 Å². The van der Waals surface area contributed by atoms with E-state index in [1.165, 1.54) is 0 Å². The Morgan fingerprint density at radius 3 is 2.35 bits per heavy atom. The third-order valence-corrected chi connectivity index (χ3v) is 3.60. The molecule has 0 N–H and O–H groups in total. The van der Waals surface area contributed by atoms with Gasteiger partial charge in [-0.25, -0.2) is 0 Å². The number of hydrogen-bond donors (Lipinski definition) is 0. The highest BCUT2D eigenvalue weighted by molar-refractivity contribution is 5.51. The molecule has 0 saturated heterocycles. The zero-order chi connectivity index (χ0) is 16.3. The van der Waals surface area contributed by atoms with Gasteiger partial charge in [0, 0.05) is 16.5 Å². The minimum Gasteiger partial charge on any atom is -0.497 e. The summed E-state index contributed by atoms with van der Waals surface area (Å²) in [5, 5.41) is 0. The van der Waals surface area contributed by atoms with Gasteiger partial charge in [-0.05, 0) is 36.4 Å². The van der Waals surface area contributed by atoms with Crippen LogP contribution in [-0.2, 0) is 0 Å². The Morgan fingerprint density at radius 2 is 1.61 bits per heavy atom. The van der Waals surface area contributed by atoms with Crippen LogP contribution in [0.25, 0.3) is 0 Å². The molecule has 2 aromatic rings. The second-order valence-corrected chi connectivity index (χ2v) is 6.39. The number of fused-ring (bicyclic) bond motifs is 1. The third-order valence-electron chi connectivity index (χ3n) is 3.60. The first kappa shape index (κ1) is 15.3. The number of ether oxygens (including phenoxy) is 3. The maximum atomic E-state index is 5.88. The average molecular weight is 308 g/mol. The predicted octanol–water partition coefficient (Wildman–Crippen LogP) is 3.89. The lowest BCUT2D eigenvalue weighted by atomic mass is 9.97. The van der Waals surface area contributed by atoms with E-state index in [0.29, 0.717) is 13.2 Å². The summed E-state index contributed by atoms with van der Waals surface area (Å²) in [7, 11) is 1.65. The lowest BCUT2D eigenvalue weighted by Gasteiger charge is -2.19. The van der Waals surface area contributed by atoms with Crippen LogP contribution in [0.1, 0.15) is 25.0 Å². The van der Waals surface area contributed by atoms with Gasteiger partial charge in [-0.15, -0.1) is 0 Å². The highest BCUT2D eigenvalue weighted by Gasteiger charge is 2.25. The Bertz CT molecular complexity index is 766. The molecule has 0 spiro atoms. The van der Waals surface area contributed by atoms with Crippen molar-refractivity contribution in [2.24, 2.45) is 5.41 Å². The van der Waals surface area contributed by atoms with Gasteiger partial charge in [0.25, 0.3) is 0 Å². The molecule has 118 valence electrons. The molecular formula is C20H20O3. The molecule has 0 amide bonds. The predicted molar refractivity (Wildman–Crippen MR) is 90.2 cm³/mol. The summed E-state index contributed by atoms with van der Waals surface area (Å²) in [5.41, 5.74) is 1.82. The van der Waals surface area contributed by atoms with Gasteiger partial charge in [-0.2, -0.15) is 0 Å². The van der Waals surface area contributed by atoms with E-state index in [4.69, 9.17) is 14.2 Å². The molecule has 0 fully saturated rings. The summed E-state index contributed by atoms with van der Waals surface area (Å²) < 4.78 is 16.9. The van der Waals surface area contributed by atoms with Crippen molar-refractivity contribution >= 4 is 0 Å². The Balaban J connectivity index is 1.83. The van der Waals surface area contributed by atoms with Crippen molar-refractivity contribution < 1.29 is 14.2 Å². The number of benzene rings is 2. The van der Waals surface area contributed by atoms with Gasteiger partial charge in [0.05, 0.1) is 20.3 Å². The van der Waals surface area contributed by atoms with E-state index in [9.17, 15) is 0 Å². The van der Waals surface area contributed by atoms with Gasteiger partial charge in [0.2, 0.25) is 0 Å². The minimum absolute atomic E-state index is 0.00541. The topological polar surface area (TPSA) is 27.7 Å². The normalized spacial score (nSPS) is 15.1. The van der Waals surface area contributed by atoms with E-state index < -0.39 is 0 Å². The van der Waals surface area contributed by atoms with Crippen LogP contribution in [0.5, 0.6) is 17.2 Å². The molecule has 1 heterocycles. The van der Waals surface area contributed by atoms with Crippen LogP contribution in [0.2, 0.25) is 0 Å². The molecule has 3 heteroatoms. The van der Waals surface area contributed by atoms with E-state index in [1.54, 1.807) is 7.11 Å². The summed E-state index contributed by atoms with van der Waals surface area (Å²) in [6, 6.07) is 13.5. The summed E-state index contributed by atoms with van der Waals surface area (Å²) in [4.78, 5) is 0. The van der Waals surface area contributed by atoms with E-state index in [0.717, 1.165) is 28.4 Å². The highest BCUT2D eigenvalue weighted by Crippen LogP contribution is 2.34. The number of methoxy groups -OCH3 is 1. The Kier molecular flexibility index (Phi) is 4.16. The summed E-state index contributed by atoms with van der Waals surface area (Å²) in [6.07, 6.45) is 0. The number of hydrogen-bond acceptors (Lipinski definition) is 3. The van der Waals surface area contributed by atoms with Crippen molar-refractivity contribution in [3.8, 4) is 29.1 Å². The monoisotopic (exact) mass is 308 g/mol. The van der Waals surface area contributed by atoms with Crippen LogP contribution in [0.15, 0.2) is 42.5 Å². The minimum atomic E-state index is 0.00541.